The number of aliphatic carboxylic acids is 3. The van der Waals surface area contributed by atoms with Gasteiger partial charge in [-0.05, 0) is 110 Å². The lowest BCUT2D eigenvalue weighted by Gasteiger charge is -2.70. The minimum Gasteiger partial charge on any atom is -0.506 e. The van der Waals surface area contributed by atoms with E-state index in [-0.39, 0.29) is 34.4 Å². The van der Waals surface area contributed by atoms with Gasteiger partial charge in [0.25, 0.3) is 0 Å². The molecule has 0 spiro atoms. The Morgan fingerprint density at radius 3 is 2.03 bits per heavy atom. The zero-order chi connectivity index (χ0) is 42.9. The fourth-order valence-corrected chi connectivity index (χ4v) is 13.1. The zero-order valence-corrected chi connectivity index (χ0v) is 34.2. The highest BCUT2D eigenvalue weighted by molar-refractivity contribution is 5.95. The van der Waals surface area contributed by atoms with Crippen molar-refractivity contribution in [2.24, 2.45) is 50.2 Å². The van der Waals surface area contributed by atoms with Gasteiger partial charge < -0.3 is 59.8 Å². The van der Waals surface area contributed by atoms with Crippen LogP contribution in [0.15, 0.2) is 23.2 Å². The van der Waals surface area contributed by atoms with E-state index in [2.05, 4.69) is 27.7 Å². The maximum Gasteiger partial charge on any atom is 0.336 e. The van der Waals surface area contributed by atoms with Crippen molar-refractivity contribution in [1.82, 2.24) is 0 Å². The summed E-state index contributed by atoms with van der Waals surface area (Å²) in [4.78, 5) is 51.3. The number of fused-ring (bicyclic) bond motifs is 7. The molecule has 0 aromatic rings. The molecule has 0 aromatic carbocycles. The number of carboxylic acid groups (broad SMARTS) is 3. The first-order chi connectivity index (χ1) is 26.8. The summed E-state index contributed by atoms with van der Waals surface area (Å²) in [6.07, 6.45) is -9.05. The quantitative estimate of drug-likeness (QED) is 0.183. The number of ether oxygens (including phenoxy) is 4. The second-order valence-corrected chi connectivity index (χ2v) is 20.3. The minimum absolute atomic E-state index is 0.0260. The molecule has 16 nitrogen and oxygen atoms in total. The number of hydrogen-bond acceptors (Lipinski definition) is 13. The van der Waals surface area contributed by atoms with Gasteiger partial charge in [0.1, 0.15) is 18.3 Å². The van der Waals surface area contributed by atoms with E-state index in [4.69, 9.17) is 18.9 Å². The molecule has 17 atom stereocenters. The first-order valence-corrected chi connectivity index (χ1v) is 20.5. The molecule has 4 saturated carbocycles. The number of carboxylic acids is 3. The average Bonchev–Trinajstić information content (AvgIpc) is 3.13. The van der Waals surface area contributed by atoms with E-state index in [0.29, 0.717) is 38.5 Å². The van der Waals surface area contributed by atoms with Gasteiger partial charge in [0, 0.05) is 5.92 Å². The molecule has 16 heteroatoms. The molecule has 0 bridgehead atoms. The van der Waals surface area contributed by atoms with Gasteiger partial charge in [0.15, 0.2) is 35.6 Å². The Hall–Kier alpha value is -3.12. The van der Waals surface area contributed by atoms with Crippen molar-refractivity contribution >= 4 is 23.7 Å². The van der Waals surface area contributed by atoms with Crippen LogP contribution in [0.3, 0.4) is 0 Å². The van der Waals surface area contributed by atoms with E-state index in [1.54, 1.807) is 0 Å². The predicted octanol–water partition coefficient (Wildman–Crippen LogP) is 3.29. The zero-order valence-electron chi connectivity index (χ0n) is 34.2. The van der Waals surface area contributed by atoms with Gasteiger partial charge in [-0.2, -0.15) is 0 Å². The van der Waals surface area contributed by atoms with Gasteiger partial charge in [0.05, 0.1) is 11.5 Å². The van der Waals surface area contributed by atoms with Crippen molar-refractivity contribution in [3.8, 4) is 0 Å². The van der Waals surface area contributed by atoms with Crippen LogP contribution >= 0.6 is 0 Å². The fraction of sp³-hybridized carbons (Fsp3) is 0.810. The van der Waals surface area contributed by atoms with E-state index in [9.17, 15) is 60.0 Å². The number of carbonyl (C=O) groups is 4. The molecule has 5 fully saturated rings. The number of rotatable bonds is 7. The highest BCUT2D eigenvalue weighted by atomic mass is 16.8. The Balaban J connectivity index is 1.18. The molecule has 2 heterocycles. The molecule has 0 radical (unpaired) electrons. The van der Waals surface area contributed by atoms with Crippen molar-refractivity contribution in [3.63, 3.8) is 0 Å². The molecule has 0 amide bonds. The fourth-order valence-electron chi connectivity index (χ4n) is 13.1. The third kappa shape index (κ3) is 6.09. The molecular formula is C42H60O16. The lowest BCUT2D eigenvalue weighted by molar-refractivity contribution is -0.309. The normalized spacial score (nSPS) is 50.0. The second-order valence-electron chi connectivity index (χ2n) is 20.3. The molecule has 58 heavy (non-hydrogen) atoms. The monoisotopic (exact) mass is 820 g/mol. The van der Waals surface area contributed by atoms with Crippen molar-refractivity contribution in [3.05, 3.63) is 23.2 Å². The van der Waals surface area contributed by atoms with Crippen LogP contribution in [-0.4, -0.2) is 120 Å². The molecule has 7 rings (SSSR count). The lowest BCUT2D eigenvalue weighted by atomic mass is 9.33. The van der Waals surface area contributed by atoms with Gasteiger partial charge in [-0.25, -0.2) is 9.59 Å². The first-order valence-electron chi connectivity index (χ1n) is 20.5. The third-order valence-corrected chi connectivity index (χ3v) is 16.9. The Bertz CT molecular complexity index is 1810. The van der Waals surface area contributed by atoms with Crippen LogP contribution in [0.2, 0.25) is 0 Å². The van der Waals surface area contributed by atoms with Gasteiger partial charge in [0.2, 0.25) is 12.6 Å². The summed E-state index contributed by atoms with van der Waals surface area (Å²) in [5.74, 6) is -6.30. The van der Waals surface area contributed by atoms with Gasteiger partial charge in [-0.3, -0.25) is 9.59 Å². The smallest absolute Gasteiger partial charge is 0.336 e. The Kier molecular flexibility index (Phi) is 10.3. The van der Waals surface area contributed by atoms with Gasteiger partial charge >= 0.3 is 17.9 Å². The van der Waals surface area contributed by atoms with Crippen LogP contribution in [0.1, 0.15) is 106 Å². The summed E-state index contributed by atoms with van der Waals surface area (Å²) >= 11 is 0. The highest BCUT2D eigenvalue weighted by Gasteiger charge is 2.70. The van der Waals surface area contributed by atoms with E-state index in [0.717, 1.165) is 24.8 Å². The van der Waals surface area contributed by atoms with Crippen molar-refractivity contribution in [2.75, 3.05) is 0 Å². The SMILES string of the molecule is CC1(C)C2CC[C@]3(C)C(C(=O)C=C4C5C[C@@](C)(C(=O)O)CC[C@]5(C)CC[C@]43C)[C@@]2(C)CC[C@@H]1O[C@H]1O[C@H](C(=O)O)[C@@H](O)C(O)=C1O[C@@H]1O[C@H](C(=O)O)[C@@H](O)[C@H](O)[C@H]1O. The molecule has 2 aliphatic heterocycles. The largest absolute Gasteiger partial charge is 0.506 e. The number of carbonyl (C=O) groups excluding carboxylic acids is 1. The van der Waals surface area contributed by atoms with E-state index < -0.39 is 106 Å². The third-order valence-electron chi connectivity index (χ3n) is 16.9. The second kappa shape index (κ2) is 14.0. The standard InChI is InChI=1S/C42H60O16/c1-37(2)21-8-11-42(7)31(20(43)16-18-19-17-39(4,36(53)54)13-12-38(19,3)14-15-41(18,42)6)40(21,5)10-9-22(37)55-35-30(26(47)25(46)29(57-35)33(51)52)58-34-27(48)23(44)24(45)28(56-34)32(49)50/h16,19,21-25,27-29,31,34-35,44-48H,8-15,17H2,1-7H3,(H,49,50)(H,51,52)(H,53,54)/t19?,21?,22-,23-,24-,25-,27+,28-,29-,31?,34-,35-,38+,39-,40-,41+,42+/m0/s1. The molecule has 1 saturated heterocycles. The number of hydrogen-bond donors (Lipinski definition) is 8. The van der Waals surface area contributed by atoms with E-state index in [1.807, 2.05) is 26.8 Å². The summed E-state index contributed by atoms with van der Waals surface area (Å²) in [6.45, 7) is 14.8. The number of ketones is 1. The predicted molar refractivity (Wildman–Crippen MR) is 199 cm³/mol. The first kappa shape index (κ1) is 43.0. The van der Waals surface area contributed by atoms with Crippen molar-refractivity contribution in [1.29, 1.82) is 0 Å². The Labute approximate surface area is 337 Å². The molecule has 7 aliphatic rings. The maximum absolute atomic E-state index is 14.8. The van der Waals surface area contributed by atoms with E-state index >= 15 is 0 Å². The Morgan fingerprint density at radius 1 is 0.776 bits per heavy atom. The van der Waals surface area contributed by atoms with Crippen LogP contribution in [0.5, 0.6) is 0 Å². The molecule has 324 valence electrons. The summed E-state index contributed by atoms with van der Waals surface area (Å²) in [6, 6.07) is 0. The molecule has 5 aliphatic carbocycles. The molecule has 8 N–H and O–H groups in total. The Morgan fingerprint density at radius 2 is 1.41 bits per heavy atom. The maximum atomic E-state index is 14.8. The number of aliphatic hydroxyl groups is 5. The molecule has 0 aromatic heterocycles. The average molecular weight is 821 g/mol. The topological polar surface area (TPSA) is 267 Å². The molecule has 3 unspecified atom stereocenters. The number of allylic oxidation sites excluding steroid dienone is 2. The summed E-state index contributed by atoms with van der Waals surface area (Å²) in [7, 11) is 0. The summed E-state index contributed by atoms with van der Waals surface area (Å²) in [5, 5.41) is 82.7. The van der Waals surface area contributed by atoms with Crippen LogP contribution in [0.25, 0.3) is 0 Å². The van der Waals surface area contributed by atoms with Gasteiger partial charge in [-0.1, -0.05) is 47.1 Å². The van der Waals surface area contributed by atoms with Crippen molar-refractivity contribution < 1.29 is 79.0 Å². The highest BCUT2D eigenvalue weighted by Crippen LogP contribution is 2.75. The minimum atomic E-state index is -2.17. The van der Waals surface area contributed by atoms with Crippen molar-refractivity contribution in [2.45, 2.75) is 162 Å². The van der Waals surface area contributed by atoms with E-state index in [1.165, 1.54) is 0 Å². The molecular weight excluding hydrogens is 760 g/mol. The van der Waals surface area contributed by atoms with Crippen LogP contribution in [0, 0.1) is 50.2 Å². The van der Waals surface area contributed by atoms with Crippen LogP contribution in [0.4, 0.5) is 0 Å². The van der Waals surface area contributed by atoms with Crippen LogP contribution < -0.4 is 0 Å². The lowest BCUT2D eigenvalue weighted by Crippen LogP contribution is -2.67. The number of aliphatic hydroxyl groups excluding tert-OH is 5. The summed E-state index contributed by atoms with van der Waals surface area (Å²) in [5.41, 5.74) is -1.87. The summed E-state index contributed by atoms with van der Waals surface area (Å²) < 4.78 is 23.1. The van der Waals surface area contributed by atoms with Crippen LogP contribution in [-0.2, 0) is 38.1 Å². The van der Waals surface area contributed by atoms with Gasteiger partial charge in [-0.15, -0.1) is 0 Å².